The van der Waals surface area contributed by atoms with Crippen molar-refractivity contribution in [2.45, 2.75) is 32.9 Å². The van der Waals surface area contributed by atoms with Crippen molar-refractivity contribution in [1.82, 2.24) is 5.32 Å². The van der Waals surface area contributed by atoms with Gasteiger partial charge < -0.3 is 19.7 Å². The molecule has 1 aliphatic heterocycles. The Morgan fingerprint density at radius 1 is 1.25 bits per heavy atom. The molecule has 0 aliphatic carbocycles. The van der Waals surface area contributed by atoms with Crippen LogP contribution in [0.25, 0.3) is 0 Å². The highest BCUT2D eigenvalue weighted by Gasteiger charge is 2.19. The average Bonchev–Trinajstić information content (AvgIpc) is 2.61. The molecule has 2 N–H and O–H groups in total. The zero-order chi connectivity index (χ0) is 17.4. The lowest BCUT2D eigenvalue weighted by atomic mass is 10.1. The van der Waals surface area contributed by atoms with E-state index in [-0.39, 0.29) is 5.91 Å². The molecule has 132 valence electrons. The summed E-state index contributed by atoms with van der Waals surface area (Å²) in [5.74, 6) is -0.739. The maximum absolute atomic E-state index is 12.1. The second kappa shape index (κ2) is 9.39. The van der Waals surface area contributed by atoms with Gasteiger partial charge in [-0.25, -0.2) is 4.79 Å². The van der Waals surface area contributed by atoms with Crippen molar-refractivity contribution >= 4 is 11.9 Å². The number of morpholine rings is 1. The van der Waals surface area contributed by atoms with Gasteiger partial charge in [0.2, 0.25) is 0 Å². The summed E-state index contributed by atoms with van der Waals surface area (Å²) < 4.78 is 10.6. The summed E-state index contributed by atoms with van der Waals surface area (Å²) in [4.78, 5) is 25.3. The second-order valence-electron chi connectivity index (χ2n) is 6.07. The highest BCUT2D eigenvalue weighted by atomic mass is 16.5. The number of esters is 1. The van der Waals surface area contributed by atoms with E-state index in [0.29, 0.717) is 12.1 Å². The molecule has 1 amide bonds. The molecule has 0 spiro atoms. The minimum atomic E-state index is -0.790. The molecule has 2 rings (SSSR count). The first kappa shape index (κ1) is 18.4. The standard InChI is InChI=1S/C18H26N2O4/c1-3-8-19-17(21)14(2)24-18(22)16-6-4-15(5-7-16)13-20-9-11-23-12-10-20/h4-7,14H,3,8-13H2,1-2H3,(H,19,21)/p+1/t14-/m1/s1. The molecule has 0 saturated carbocycles. The van der Waals surface area contributed by atoms with Crippen LogP contribution in [-0.2, 0) is 20.8 Å². The van der Waals surface area contributed by atoms with Crippen molar-refractivity contribution in [1.29, 1.82) is 0 Å². The van der Waals surface area contributed by atoms with Crippen LogP contribution >= 0.6 is 0 Å². The van der Waals surface area contributed by atoms with Crippen molar-refractivity contribution in [3.8, 4) is 0 Å². The number of benzene rings is 1. The Labute approximate surface area is 143 Å². The van der Waals surface area contributed by atoms with Crippen LogP contribution in [0.5, 0.6) is 0 Å². The summed E-state index contributed by atoms with van der Waals surface area (Å²) in [6, 6.07) is 7.41. The summed E-state index contributed by atoms with van der Waals surface area (Å²) in [7, 11) is 0. The van der Waals surface area contributed by atoms with Crippen molar-refractivity contribution in [3.63, 3.8) is 0 Å². The molecule has 0 unspecified atom stereocenters. The SMILES string of the molecule is CCCNC(=O)[C@@H](C)OC(=O)c1ccc(C[NH+]2CCOCC2)cc1. The van der Waals surface area contributed by atoms with Crippen molar-refractivity contribution in [2.75, 3.05) is 32.8 Å². The number of carbonyl (C=O) groups excluding carboxylic acids is 2. The van der Waals surface area contributed by atoms with Gasteiger partial charge in [-0.05, 0) is 25.5 Å². The lowest BCUT2D eigenvalue weighted by molar-refractivity contribution is -0.921. The molecule has 6 nitrogen and oxygen atoms in total. The molecule has 0 bridgehead atoms. The fourth-order valence-corrected chi connectivity index (χ4v) is 2.56. The van der Waals surface area contributed by atoms with E-state index in [2.05, 4.69) is 5.32 Å². The summed E-state index contributed by atoms with van der Waals surface area (Å²) in [6.07, 6.45) is 0.0560. The highest BCUT2D eigenvalue weighted by molar-refractivity contribution is 5.92. The van der Waals surface area contributed by atoms with Crippen molar-refractivity contribution < 1.29 is 24.0 Å². The topological polar surface area (TPSA) is 69.1 Å². The first-order valence-corrected chi connectivity index (χ1v) is 8.59. The molecule has 1 aliphatic rings. The summed E-state index contributed by atoms with van der Waals surface area (Å²) >= 11 is 0. The van der Waals surface area contributed by atoms with Gasteiger partial charge in [-0.2, -0.15) is 0 Å². The number of hydrogen-bond donors (Lipinski definition) is 2. The lowest BCUT2D eigenvalue weighted by Gasteiger charge is -2.23. The Morgan fingerprint density at radius 2 is 1.92 bits per heavy atom. The van der Waals surface area contributed by atoms with Crippen LogP contribution in [0.15, 0.2) is 24.3 Å². The van der Waals surface area contributed by atoms with Gasteiger partial charge >= 0.3 is 5.97 Å². The molecule has 1 heterocycles. The first-order chi connectivity index (χ1) is 11.6. The minimum Gasteiger partial charge on any atom is -0.449 e. The Balaban J connectivity index is 1.85. The monoisotopic (exact) mass is 335 g/mol. The molecule has 6 heteroatoms. The lowest BCUT2D eigenvalue weighted by Crippen LogP contribution is -3.12. The second-order valence-corrected chi connectivity index (χ2v) is 6.07. The summed E-state index contributed by atoms with van der Waals surface area (Å²) in [6.45, 7) is 8.68. The summed E-state index contributed by atoms with van der Waals surface area (Å²) in [5, 5.41) is 2.71. The number of hydrogen-bond acceptors (Lipinski definition) is 4. The molecule has 0 radical (unpaired) electrons. The Hall–Kier alpha value is -1.92. The zero-order valence-electron chi connectivity index (χ0n) is 14.5. The van der Waals surface area contributed by atoms with Crippen LogP contribution in [-0.4, -0.2) is 50.8 Å². The number of amides is 1. The van der Waals surface area contributed by atoms with E-state index in [0.717, 1.165) is 39.3 Å². The Bertz CT molecular complexity index is 538. The predicted octanol–water partition coefficient (Wildman–Crippen LogP) is 0.173. The number of rotatable bonds is 7. The zero-order valence-corrected chi connectivity index (χ0v) is 14.5. The fraction of sp³-hybridized carbons (Fsp3) is 0.556. The molecule has 1 atom stereocenters. The third-order valence-electron chi connectivity index (χ3n) is 4.05. The number of quaternary nitrogens is 1. The highest BCUT2D eigenvalue weighted by Crippen LogP contribution is 2.07. The van der Waals surface area contributed by atoms with Crippen LogP contribution < -0.4 is 10.2 Å². The van der Waals surface area contributed by atoms with E-state index in [4.69, 9.17) is 9.47 Å². The van der Waals surface area contributed by atoms with E-state index in [1.165, 1.54) is 10.5 Å². The van der Waals surface area contributed by atoms with Crippen molar-refractivity contribution in [2.24, 2.45) is 0 Å². The predicted molar refractivity (Wildman–Crippen MR) is 89.8 cm³/mol. The molecular weight excluding hydrogens is 308 g/mol. The van der Waals surface area contributed by atoms with Crippen LogP contribution in [0.4, 0.5) is 0 Å². The van der Waals surface area contributed by atoms with Gasteiger partial charge in [0.1, 0.15) is 19.6 Å². The molecule has 1 saturated heterocycles. The van der Waals surface area contributed by atoms with Gasteiger partial charge in [0, 0.05) is 12.1 Å². The smallest absolute Gasteiger partial charge is 0.338 e. The van der Waals surface area contributed by atoms with Crippen LogP contribution in [0.3, 0.4) is 0 Å². The molecule has 1 aromatic rings. The summed E-state index contributed by atoms with van der Waals surface area (Å²) in [5.41, 5.74) is 1.64. The Morgan fingerprint density at radius 3 is 2.54 bits per heavy atom. The number of carbonyl (C=O) groups is 2. The first-order valence-electron chi connectivity index (χ1n) is 8.59. The Kier molecular flexibility index (Phi) is 7.21. The molecular formula is C18H27N2O4+. The molecule has 24 heavy (non-hydrogen) atoms. The van der Waals surface area contributed by atoms with Crippen LogP contribution in [0.1, 0.15) is 36.2 Å². The van der Waals surface area contributed by atoms with Crippen molar-refractivity contribution in [3.05, 3.63) is 35.4 Å². The largest absolute Gasteiger partial charge is 0.449 e. The van der Waals surface area contributed by atoms with Gasteiger partial charge in [-0.1, -0.05) is 19.1 Å². The minimum absolute atomic E-state index is 0.266. The molecule has 1 fully saturated rings. The van der Waals surface area contributed by atoms with E-state index in [1.807, 2.05) is 19.1 Å². The fourth-order valence-electron chi connectivity index (χ4n) is 2.56. The van der Waals surface area contributed by atoms with Gasteiger partial charge in [0.15, 0.2) is 6.10 Å². The van der Waals surface area contributed by atoms with E-state index < -0.39 is 12.1 Å². The van der Waals surface area contributed by atoms with E-state index in [1.54, 1.807) is 19.1 Å². The number of nitrogens with one attached hydrogen (secondary N) is 2. The molecule has 0 aromatic heterocycles. The van der Waals surface area contributed by atoms with Gasteiger partial charge in [-0.15, -0.1) is 0 Å². The third-order valence-corrected chi connectivity index (χ3v) is 4.05. The normalized spacial score (nSPS) is 16.4. The van der Waals surface area contributed by atoms with Gasteiger partial charge in [0.25, 0.3) is 5.91 Å². The number of ether oxygens (including phenoxy) is 2. The van der Waals surface area contributed by atoms with Gasteiger partial charge in [-0.3, -0.25) is 4.79 Å². The van der Waals surface area contributed by atoms with E-state index >= 15 is 0 Å². The third kappa shape index (κ3) is 5.62. The van der Waals surface area contributed by atoms with Crippen LogP contribution in [0.2, 0.25) is 0 Å². The molecule has 1 aromatic carbocycles. The average molecular weight is 335 g/mol. The van der Waals surface area contributed by atoms with Gasteiger partial charge in [0.05, 0.1) is 18.8 Å². The maximum Gasteiger partial charge on any atom is 0.338 e. The maximum atomic E-state index is 12.1. The quantitative estimate of drug-likeness (QED) is 0.697. The van der Waals surface area contributed by atoms with E-state index in [9.17, 15) is 9.59 Å². The van der Waals surface area contributed by atoms with Crippen LogP contribution in [0, 0.1) is 0 Å².